The van der Waals surface area contributed by atoms with Gasteiger partial charge in [-0.25, -0.2) is 9.97 Å². The van der Waals surface area contributed by atoms with E-state index < -0.39 is 0 Å². The largest absolute Gasteiger partial charge is 0.383 e. The maximum atomic E-state index is 11.2. The molecule has 0 saturated carbocycles. The van der Waals surface area contributed by atoms with Gasteiger partial charge in [0.25, 0.3) is 0 Å². The van der Waals surface area contributed by atoms with Gasteiger partial charge in [-0.15, -0.1) is 0 Å². The Morgan fingerprint density at radius 3 is 2.67 bits per heavy atom. The number of aldehydes is 1. The van der Waals surface area contributed by atoms with Gasteiger partial charge in [0.2, 0.25) is 0 Å². The quantitative estimate of drug-likeness (QED) is 0.719. The fourth-order valence-corrected chi connectivity index (χ4v) is 2.28. The zero-order valence-corrected chi connectivity index (χ0v) is 11.5. The molecule has 0 aliphatic heterocycles. The van der Waals surface area contributed by atoms with Crippen LogP contribution in [-0.4, -0.2) is 16.3 Å². The number of aromatic nitrogens is 2. The molecule has 3 aromatic rings. The third-order valence-electron chi connectivity index (χ3n) is 3.25. The van der Waals surface area contributed by atoms with Crippen LogP contribution in [0.15, 0.2) is 42.5 Å². The first-order valence-corrected chi connectivity index (χ1v) is 6.53. The first kappa shape index (κ1) is 13.1. The van der Waals surface area contributed by atoms with Crippen LogP contribution >= 0.6 is 0 Å². The molecule has 0 radical (unpaired) electrons. The summed E-state index contributed by atoms with van der Waals surface area (Å²) in [6.45, 7) is 1.74. The molecular formula is C16H14N4O. The van der Waals surface area contributed by atoms with E-state index in [-0.39, 0.29) is 11.4 Å². The number of anilines is 3. The molecule has 1 heterocycles. The molecule has 104 valence electrons. The lowest BCUT2D eigenvalue weighted by molar-refractivity contribution is 0.112. The van der Waals surface area contributed by atoms with E-state index in [4.69, 9.17) is 5.73 Å². The number of nitrogen functional groups attached to an aromatic ring is 1. The lowest BCUT2D eigenvalue weighted by Gasteiger charge is -2.12. The fourth-order valence-electron chi connectivity index (χ4n) is 2.28. The average molecular weight is 278 g/mol. The number of rotatable bonds is 3. The summed E-state index contributed by atoms with van der Waals surface area (Å²) in [6, 6.07) is 13.9. The van der Waals surface area contributed by atoms with Gasteiger partial charge >= 0.3 is 0 Å². The average Bonchev–Trinajstić information content (AvgIpc) is 2.47. The molecule has 3 rings (SSSR count). The Hall–Kier alpha value is -2.95. The van der Waals surface area contributed by atoms with Crippen molar-refractivity contribution in [1.29, 1.82) is 0 Å². The second-order valence-corrected chi connectivity index (χ2v) is 4.69. The van der Waals surface area contributed by atoms with Crippen molar-refractivity contribution in [3.63, 3.8) is 0 Å². The second-order valence-electron chi connectivity index (χ2n) is 4.69. The maximum absolute atomic E-state index is 11.2. The number of hydrogen-bond donors (Lipinski definition) is 2. The van der Waals surface area contributed by atoms with Crippen molar-refractivity contribution in [2.75, 3.05) is 11.1 Å². The number of nitrogens with one attached hydrogen (secondary N) is 1. The van der Waals surface area contributed by atoms with Crippen molar-refractivity contribution in [2.45, 2.75) is 6.92 Å². The van der Waals surface area contributed by atoms with E-state index in [9.17, 15) is 4.79 Å². The molecule has 0 aliphatic rings. The summed E-state index contributed by atoms with van der Waals surface area (Å²) in [5.41, 5.74) is 6.92. The zero-order chi connectivity index (χ0) is 14.8. The predicted octanol–water partition coefficient (Wildman–Crippen LogP) is 3.08. The van der Waals surface area contributed by atoms with E-state index in [0.29, 0.717) is 17.9 Å². The minimum Gasteiger partial charge on any atom is -0.383 e. The van der Waals surface area contributed by atoms with Gasteiger partial charge in [0.15, 0.2) is 6.29 Å². The van der Waals surface area contributed by atoms with Gasteiger partial charge < -0.3 is 11.1 Å². The number of benzene rings is 2. The number of nitrogens with two attached hydrogens (primary N) is 1. The molecule has 0 saturated heterocycles. The third-order valence-corrected chi connectivity index (χ3v) is 3.25. The van der Waals surface area contributed by atoms with Gasteiger partial charge in [0.05, 0.1) is 5.56 Å². The molecule has 21 heavy (non-hydrogen) atoms. The highest BCUT2D eigenvalue weighted by molar-refractivity contribution is 5.97. The van der Waals surface area contributed by atoms with Gasteiger partial charge in [-0.3, -0.25) is 4.79 Å². The van der Waals surface area contributed by atoms with Gasteiger partial charge in [-0.1, -0.05) is 36.4 Å². The van der Waals surface area contributed by atoms with E-state index in [2.05, 4.69) is 15.3 Å². The Kier molecular flexibility index (Phi) is 3.23. The molecule has 3 N–H and O–H groups in total. The summed E-state index contributed by atoms with van der Waals surface area (Å²) in [6.07, 6.45) is 0.669. The minimum atomic E-state index is 0.181. The summed E-state index contributed by atoms with van der Waals surface area (Å²) in [5, 5.41) is 5.34. The minimum absolute atomic E-state index is 0.181. The summed E-state index contributed by atoms with van der Waals surface area (Å²) >= 11 is 0. The normalized spacial score (nSPS) is 10.5. The summed E-state index contributed by atoms with van der Waals surface area (Å²) in [7, 11) is 0. The van der Waals surface area contributed by atoms with Crippen LogP contribution in [0.1, 0.15) is 16.2 Å². The highest BCUT2D eigenvalue weighted by Gasteiger charge is 2.11. The topological polar surface area (TPSA) is 80.9 Å². The van der Waals surface area contributed by atoms with E-state index in [0.717, 1.165) is 16.5 Å². The van der Waals surface area contributed by atoms with Crippen molar-refractivity contribution in [1.82, 2.24) is 9.97 Å². The van der Waals surface area contributed by atoms with Crippen molar-refractivity contribution in [3.8, 4) is 0 Å². The number of carbonyl (C=O) groups excluding carboxylic acids is 1. The molecular weight excluding hydrogens is 264 g/mol. The van der Waals surface area contributed by atoms with Crippen LogP contribution in [0.3, 0.4) is 0 Å². The van der Waals surface area contributed by atoms with Gasteiger partial charge in [-0.2, -0.15) is 0 Å². The molecule has 0 aliphatic carbocycles. The van der Waals surface area contributed by atoms with Crippen molar-refractivity contribution in [3.05, 3.63) is 53.9 Å². The zero-order valence-electron chi connectivity index (χ0n) is 11.5. The molecule has 0 atom stereocenters. The molecule has 2 aromatic carbocycles. The van der Waals surface area contributed by atoms with Gasteiger partial charge in [0, 0.05) is 11.1 Å². The smallest absolute Gasteiger partial charge is 0.157 e. The highest BCUT2D eigenvalue weighted by Crippen LogP contribution is 2.27. The second kappa shape index (κ2) is 5.20. The fraction of sp³-hybridized carbons (Fsp3) is 0.0625. The van der Waals surface area contributed by atoms with E-state index >= 15 is 0 Å². The SMILES string of the molecule is Cc1nc(N)c(C=O)c(Nc2cccc3ccccc23)n1. The summed E-state index contributed by atoms with van der Waals surface area (Å²) < 4.78 is 0. The number of nitrogens with zero attached hydrogens (tertiary/aromatic N) is 2. The Morgan fingerprint density at radius 1 is 1.10 bits per heavy atom. The van der Waals surface area contributed by atoms with Crippen LogP contribution in [0.5, 0.6) is 0 Å². The first-order chi connectivity index (χ1) is 10.2. The highest BCUT2D eigenvalue weighted by atomic mass is 16.1. The number of fused-ring (bicyclic) bond motifs is 1. The molecule has 0 bridgehead atoms. The number of hydrogen-bond acceptors (Lipinski definition) is 5. The molecule has 0 spiro atoms. The maximum Gasteiger partial charge on any atom is 0.157 e. The molecule has 0 fully saturated rings. The Balaban J connectivity index is 2.13. The Morgan fingerprint density at radius 2 is 1.86 bits per heavy atom. The number of aryl methyl sites for hydroxylation is 1. The van der Waals surface area contributed by atoms with Gasteiger partial charge in [0.1, 0.15) is 17.5 Å². The van der Waals surface area contributed by atoms with Crippen molar-refractivity contribution < 1.29 is 4.79 Å². The van der Waals surface area contributed by atoms with Crippen molar-refractivity contribution in [2.24, 2.45) is 0 Å². The Labute approximate surface area is 121 Å². The standard InChI is InChI=1S/C16H14N4O/c1-10-18-15(17)13(9-21)16(19-10)20-14-8-4-6-11-5-2-3-7-12(11)14/h2-9H,1H3,(H3,17,18,19,20). The van der Waals surface area contributed by atoms with Crippen LogP contribution in [0.2, 0.25) is 0 Å². The lowest BCUT2D eigenvalue weighted by atomic mass is 10.1. The van der Waals surface area contributed by atoms with Crippen LogP contribution < -0.4 is 11.1 Å². The summed E-state index contributed by atoms with van der Waals surface area (Å²) in [4.78, 5) is 19.5. The number of carbonyl (C=O) groups is 1. The van der Waals surface area contributed by atoms with Crippen LogP contribution in [0.4, 0.5) is 17.3 Å². The van der Waals surface area contributed by atoms with Crippen molar-refractivity contribution >= 4 is 34.4 Å². The summed E-state index contributed by atoms with van der Waals surface area (Å²) in [5.74, 6) is 1.12. The van der Waals surface area contributed by atoms with Crippen LogP contribution in [-0.2, 0) is 0 Å². The monoisotopic (exact) mass is 278 g/mol. The third kappa shape index (κ3) is 2.41. The van der Waals surface area contributed by atoms with Gasteiger partial charge in [-0.05, 0) is 18.4 Å². The molecule has 0 amide bonds. The Bertz CT molecular complexity index is 824. The van der Waals surface area contributed by atoms with E-state index in [1.807, 2.05) is 42.5 Å². The van der Waals surface area contributed by atoms with Crippen LogP contribution in [0, 0.1) is 6.92 Å². The lowest BCUT2D eigenvalue weighted by Crippen LogP contribution is -2.07. The molecule has 5 heteroatoms. The molecule has 5 nitrogen and oxygen atoms in total. The van der Waals surface area contributed by atoms with Crippen LogP contribution in [0.25, 0.3) is 10.8 Å². The van der Waals surface area contributed by atoms with E-state index in [1.54, 1.807) is 6.92 Å². The predicted molar refractivity (Wildman–Crippen MR) is 83.8 cm³/mol. The van der Waals surface area contributed by atoms with E-state index in [1.165, 1.54) is 0 Å². The molecule has 0 unspecified atom stereocenters. The first-order valence-electron chi connectivity index (χ1n) is 6.53. The molecule has 1 aromatic heterocycles.